The maximum absolute atomic E-state index is 10.6. The molecule has 0 aliphatic carbocycles. The molecule has 1 atom stereocenters. The molecule has 0 unspecified atom stereocenters. The molecule has 0 amide bonds. The van der Waals surface area contributed by atoms with Gasteiger partial charge in [0, 0.05) is 13.1 Å². The molecule has 0 saturated carbocycles. The van der Waals surface area contributed by atoms with Gasteiger partial charge in [0.05, 0.1) is 7.11 Å². The summed E-state index contributed by atoms with van der Waals surface area (Å²) < 4.78 is 11.4. The highest BCUT2D eigenvalue weighted by atomic mass is 16.5. The number of methoxy groups -OCH3 is 1. The predicted molar refractivity (Wildman–Crippen MR) is 121 cm³/mol. The lowest BCUT2D eigenvalue weighted by Gasteiger charge is -2.18. The normalized spacial score (nSPS) is 11.9. The van der Waals surface area contributed by atoms with Crippen molar-refractivity contribution in [1.29, 1.82) is 0 Å². The van der Waals surface area contributed by atoms with Crippen LogP contribution in [-0.4, -0.2) is 18.8 Å². The number of nitrogens with one attached hydrogen (secondary N) is 1. The smallest absolute Gasteiger partial charge is 0.161 e. The van der Waals surface area contributed by atoms with Crippen LogP contribution in [0, 0.1) is 20.8 Å². The number of hydrogen-bond donors (Lipinski definition) is 2. The topological polar surface area (TPSA) is 50.7 Å². The lowest BCUT2D eigenvalue weighted by Crippen LogP contribution is -2.13. The Morgan fingerprint density at radius 2 is 1.50 bits per heavy atom. The summed E-state index contributed by atoms with van der Waals surface area (Å²) in [4.78, 5) is 0. The number of aryl methyl sites for hydroxylation is 3. The Hall–Kier alpha value is -2.82. The van der Waals surface area contributed by atoms with Crippen molar-refractivity contribution in [2.75, 3.05) is 13.7 Å². The second kappa shape index (κ2) is 10.3. The van der Waals surface area contributed by atoms with Gasteiger partial charge in [-0.3, -0.25) is 0 Å². The average Bonchev–Trinajstić information content (AvgIpc) is 2.75. The highest BCUT2D eigenvalue weighted by Crippen LogP contribution is 2.30. The Kier molecular flexibility index (Phi) is 7.50. The van der Waals surface area contributed by atoms with Crippen molar-refractivity contribution in [1.82, 2.24) is 5.32 Å². The Bertz CT molecular complexity index is 970. The SMILES string of the molecule is COc1cc(CNCc2ccccc2)ccc1OC[C@H](O)c1cc(C)c(C)cc1C. The van der Waals surface area contributed by atoms with Crippen LogP contribution in [0.25, 0.3) is 0 Å². The van der Waals surface area contributed by atoms with E-state index < -0.39 is 6.10 Å². The predicted octanol–water partition coefficient (Wildman–Crippen LogP) is 5.02. The van der Waals surface area contributed by atoms with E-state index >= 15 is 0 Å². The van der Waals surface area contributed by atoms with Crippen molar-refractivity contribution in [3.63, 3.8) is 0 Å². The van der Waals surface area contributed by atoms with Crippen LogP contribution in [0.15, 0.2) is 60.7 Å². The molecule has 4 nitrogen and oxygen atoms in total. The van der Waals surface area contributed by atoms with E-state index in [2.05, 4.69) is 37.4 Å². The van der Waals surface area contributed by atoms with Crippen molar-refractivity contribution in [2.24, 2.45) is 0 Å². The maximum atomic E-state index is 10.6. The van der Waals surface area contributed by atoms with Crippen molar-refractivity contribution < 1.29 is 14.6 Å². The monoisotopic (exact) mass is 405 g/mol. The summed E-state index contributed by atoms with van der Waals surface area (Å²) in [5.41, 5.74) is 6.72. The first-order valence-electron chi connectivity index (χ1n) is 10.3. The number of ether oxygens (including phenoxy) is 2. The molecule has 3 aromatic carbocycles. The molecule has 158 valence electrons. The summed E-state index contributed by atoms with van der Waals surface area (Å²) in [5, 5.41) is 14.1. The van der Waals surface area contributed by atoms with E-state index in [0.717, 1.165) is 29.8 Å². The van der Waals surface area contributed by atoms with E-state index in [4.69, 9.17) is 9.47 Å². The van der Waals surface area contributed by atoms with Gasteiger partial charge in [-0.05, 0) is 66.3 Å². The molecule has 2 N–H and O–H groups in total. The summed E-state index contributed by atoms with van der Waals surface area (Å²) in [6.07, 6.45) is -0.693. The van der Waals surface area contributed by atoms with Gasteiger partial charge in [-0.25, -0.2) is 0 Å². The second-order valence-corrected chi connectivity index (χ2v) is 7.69. The Balaban J connectivity index is 1.60. The molecular weight excluding hydrogens is 374 g/mol. The van der Waals surface area contributed by atoms with E-state index in [-0.39, 0.29) is 6.61 Å². The molecule has 0 spiro atoms. The molecule has 0 fully saturated rings. The van der Waals surface area contributed by atoms with Crippen LogP contribution in [-0.2, 0) is 13.1 Å². The lowest BCUT2D eigenvalue weighted by atomic mass is 9.97. The van der Waals surface area contributed by atoms with E-state index in [1.54, 1.807) is 7.11 Å². The van der Waals surface area contributed by atoms with Crippen LogP contribution < -0.4 is 14.8 Å². The fourth-order valence-electron chi connectivity index (χ4n) is 3.49. The Labute approximate surface area is 179 Å². The first-order chi connectivity index (χ1) is 14.5. The van der Waals surface area contributed by atoms with Crippen molar-refractivity contribution in [3.8, 4) is 11.5 Å². The van der Waals surface area contributed by atoms with E-state index in [9.17, 15) is 5.11 Å². The van der Waals surface area contributed by atoms with E-state index in [0.29, 0.717) is 11.5 Å². The second-order valence-electron chi connectivity index (χ2n) is 7.69. The number of hydrogen-bond acceptors (Lipinski definition) is 4. The molecule has 3 rings (SSSR count). The third kappa shape index (κ3) is 5.62. The van der Waals surface area contributed by atoms with Crippen LogP contribution in [0.1, 0.15) is 39.5 Å². The quantitative estimate of drug-likeness (QED) is 0.525. The van der Waals surface area contributed by atoms with Crippen LogP contribution >= 0.6 is 0 Å². The van der Waals surface area contributed by atoms with Crippen molar-refractivity contribution in [2.45, 2.75) is 40.0 Å². The van der Waals surface area contributed by atoms with Crippen molar-refractivity contribution in [3.05, 3.63) is 94.0 Å². The minimum Gasteiger partial charge on any atom is -0.493 e. The Morgan fingerprint density at radius 3 is 2.23 bits per heavy atom. The van der Waals surface area contributed by atoms with Gasteiger partial charge in [0.1, 0.15) is 12.7 Å². The van der Waals surface area contributed by atoms with Crippen molar-refractivity contribution >= 4 is 0 Å². The minimum atomic E-state index is -0.693. The summed E-state index contributed by atoms with van der Waals surface area (Å²) in [7, 11) is 1.63. The standard InChI is InChI=1S/C26H31NO3/c1-18-12-20(3)23(13-19(18)2)24(28)17-30-25-11-10-22(14-26(25)29-4)16-27-15-21-8-6-5-7-9-21/h5-14,24,27-28H,15-17H2,1-4H3/t24-/m0/s1. The van der Waals surface area contributed by atoms with Gasteiger partial charge < -0.3 is 19.9 Å². The van der Waals surface area contributed by atoms with Gasteiger partial charge in [-0.1, -0.05) is 48.5 Å². The molecule has 0 bridgehead atoms. The lowest BCUT2D eigenvalue weighted by molar-refractivity contribution is 0.106. The summed E-state index contributed by atoms with van der Waals surface area (Å²) >= 11 is 0. The fraction of sp³-hybridized carbons (Fsp3) is 0.308. The summed E-state index contributed by atoms with van der Waals surface area (Å²) in [6.45, 7) is 7.86. The molecule has 0 aromatic heterocycles. The average molecular weight is 406 g/mol. The molecule has 0 saturated heterocycles. The fourth-order valence-corrected chi connectivity index (χ4v) is 3.49. The third-order valence-corrected chi connectivity index (χ3v) is 5.37. The van der Waals surface area contributed by atoms with Crippen LogP contribution in [0.4, 0.5) is 0 Å². The largest absolute Gasteiger partial charge is 0.493 e. The van der Waals surface area contributed by atoms with Gasteiger partial charge >= 0.3 is 0 Å². The highest BCUT2D eigenvalue weighted by molar-refractivity contribution is 5.43. The molecule has 0 aliphatic rings. The molecule has 4 heteroatoms. The first-order valence-corrected chi connectivity index (χ1v) is 10.3. The zero-order chi connectivity index (χ0) is 21.5. The molecular formula is C26H31NO3. The maximum Gasteiger partial charge on any atom is 0.161 e. The van der Waals surface area contributed by atoms with Gasteiger partial charge in [-0.15, -0.1) is 0 Å². The third-order valence-electron chi connectivity index (χ3n) is 5.37. The van der Waals surface area contributed by atoms with Gasteiger partial charge in [-0.2, -0.15) is 0 Å². The zero-order valence-corrected chi connectivity index (χ0v) is 18.2. The molecule has 0 heterocycles. The highest BCUT2D eigenvalue weighted by Gasteiger charge is 2.14. The number of aliphatic hydroxyl groups is 1. The van der Waals surface area contributed by atoms with E-state index in [1.165, 1.54) is 16.7 Å². The number of aliphatic hydroxyl groups excluding tert-OH is 1. The molecule has 0 radical (unpaired) electrons. The number of benzene rings is 3. The molecule has 0 aliphatic heterocycles. The first kappa shape index (κ1) is 21.9. The van der Waals surface area contributed by atoms with E-state index in [1.807, 2.05) is 49.4 Å². The van der Waals surface area contributed by atoms with Gasteiger partial charge in [0.15, 0.2) is 11.5 Å². The number of rotatable bonds is 9. The zero-order valence-electron chi connectivity index (χ0n) is 18.2. The van der Waals surface area contributed by atoms with Gasteiger partial charge in [0.2, 0.25) is 0 Å². The summed E-state index contributed by atoms with van der Waals surface area (Å²) in [6, 6.07) is 20.3. The van der Waals surface area contributed by atoms with Crippen LogP contribution in [0.3, 0.4) is 0 Å². The van der Waals surface area contributed by atoms with Gasteiger partial charge in [0.25, 0.3) is 0 Å². The molecule has 3 aromatic rings. The van der Waals surface area contributed by atoms with Crippen LogP contribution in [0.5, 0.6) is 11.5 Å². The molecule has 30 heavy (non-hydrogen) atoms. The minimum absolute atomic E-state index is 0.172. The summed E-state index contributed by atoms with van der Waals surface area (Å²) in [5.74, 6) is 1.29. The van der Waals surface area contributed by atoms with Crippen LogP contribution in [0.2, 0.25) is 0 Å². The Morgan fingerprint density at radius 1 is 0.800 bits per heavy atom.